The molecule has 4 atom stereocenters. The summed E-state index contributed by atoms with van der Waals surface area (Å²) in [4.78, 5) is 36.3. The van der Waals surface area contributed by atoms with E-state index in [2.05, 4.69) is 50.9 Å². The van der Waals surface area contributed by atoms with Gasteiger partial charge in [0.2, 0.25) is 6.54 Å². The van der Waals surface area contributed by atoms with Crippen LogP contribution in [0.5, 0.6) is 6.01 Å². The minimum absolute atomic E-state index is 0.0500. The number of fused-ring (bicyclic) bond motifs is 2. The van der Waals surface area contributed by atoms with Crippen LogP contribution in [0.2, 0.25) is 5.02 Å². The van der Waals surface area contributed by atoms with Gasteiger partial charge in [-0.2, -0.15) is 9.97 Å². The highest BCUT2D eigenvalue weighted by Gasteiger charge is 2.54. The van der Waals surface area contributed by atoms with E-state index in [9.17, 15) is 4.79 Å². The van der Waals surface area contributed by atoms with Crippen molar-refractivity contribution in [2.75, 3.05) is 62.7 Å². The lowest BCUT2D eigenvalue weighted by atomic mass is 9.81. The fraction of sp³-hybridized carbons (Fsp3) is 0.556. The topological polar surface area (TPSA) is 81.9 Å². The first-order valence-corrected chi connectivity index (χ1v) is 17.6. The average Bonchev–Trinajstić information content (AvgIpc) is 3.72. The molecule has 0 bridgehead atoms. The van der Waals surface area contributed by atoms with Crippen molar-refractivity contribution in [3.63, 3.8) is 0 Å². The monoisotopic (exact) mass is 655 g/mol. The number of aromatic nitrogens is 2. The number of amides is 1. The van der Waals surface area contributed by atoms with Crippen molar-refractivity contribution in [2.45, 2.75) is 69.4 Å². The molecule has 0 radical (unpaired) electrons. The Hall–Kier alpha value is -3.65. The minimum Gasteiger partial charge on any atom is -0.462 e. The number of carbonyl (C=O) groups is 1. The number of rotatable bonds is 8. The summed E-state index contributed by atoms with van der Waals surface area (Å²) in [6.45, 7) is 12.7. The van der Waals surface area contributed by atoms with Gasteiger partial charge in [0, 0.05) is 48.9 Å². The smallest absolute Gasteiger partial charge is 0.318 e. The van der Waals surface area contributed by atoms with Crippen LogP contribution in [0, 0.1) is 12.5 Å². The van der Waals surface area contributed by atoms with Gasteiger partial charge in [-0.1, -0.05) is 42.3 Å². The second-order valence-electron chi connectivity index (χ2n) is 13.8. The molecular formula is C36H42ClN7O3. The fourth-order valence-corrected chi connectivity index (χ4v) is 8.31. The summed E-state index contributed by atoms with van der Waals surface area (Å²) in [5.41, 5.74) is 3.17. The molecule has 10 nitrogen and oxygen atoms in total. The predicted molar refractivity (Wildman–Crippen MR) is 182 cm³/mol. The third-order valence-electron chi connectivity index (χ3n) is 11.0. The number of epoxide rings is 1. The zero-order chi connectivity index (χ0) is 32.1. The number of likely N-dealkylation sites (tertiary alicyclic amines) is 1. The maximum atomic E-state index is 13.6. The van der Waals surface area contributed by atoms with Gasteiger partial charge in [-0.15, -0.1) is 0 Å². The van der Waals surface area contributed by atoms with Gasteiger partial charge in [0.25, 0.3) is 5.91 Å². The highest BCUT2D eigenvalue weighted by molar-refractivity contribution is 6.36. The van der Waals surface area contributed by atoms with Gasteiger partial charge >= 0.3 is 6.01 Å². The van der Waals surface area contributed by atoms with Gasteiger partial charge in [0.05, 0.1) is 23.4 Å². The van der Waals surface area contributed by atoms with Crippen LogP contribution in [0.1, 0.15) is 43.4 Å². The molecule has 1 saturated carbocycles. The number of anilines is 2. The van der Waals surface area contributed by atoms with Crippen LogP contribution in [0.25, 0.3) is 15.6 Å². The van der Waals surface area contributed by atoms with E-state index in [-0.39, 0.29) is 30.7 Å². The number of hydrogen-bond acceptors (Lipinski definition) is 8. The molecule has 8 rings (SSSR count). The van der Waals surface area contributed by atoms with Crippen molar-refractivity contribution in [3.05, 3.63) is 64.1 Å². The summed E-state index contributed by atoms with van der Waals surface area (Å²) in [5, 5.41) is 2.91. The number of likely N-dealkylation sites (N-methyl/N-ethyl adjacent to an activating group) is 1. The van der Waals surface area contributed by atoms with E-state index < -0.39 is 0 Å². The largest absolute Gasteiger partial charge is 0.462 e. The van der Waals surface area contributed by atoms with Crippen molar-refractivity contribution in [1.29, 1.82) is 0 Å². The van der Waals surface area contributed by atoms with E-state index in [1.54, 1.807) is 0 Å². The Morgan fingerprint density at radius 1 is 1.04 bits per heavy atom. The predicted octanol–water partition coefficient (Wildman–Crippen LogP) is 4.82. The number of hydrogen-bond donors (Lipinski definition) is 0. The lowest BCUT2D eigenvalue weighted by Gasteiger charge is -2.41. The molecule has 0 spiro atoms. The quantitative estimate of drug-likeness (QED) is 0.252. The maximum absolute atomic E-state index is 13.6. The number of halogens is 1. The van der Waals surface area contributed by atoms with Gasteiger partial charge < -0.3 is 33.9 Å². The Bertz CT molecular complexity index is 1700. The van der Waals surface area contributed by atoms with Crippen molar-refractivity contribution >= 4 is 39.8 Å². The van der Waals surface area contributed by atoms with Gasteiger partial charge in [0.15, 0.2) is 6.10 Å². The summed E-state index contributed by atoms with van der Waals surface area (Å²) in [6, 6.07) is 12.9. The number of carbonyl (C=O) groups excluding carboxylic acids is 1. The molecule has 1 amide bonds. The van der Waals surface area contributed by atoms with Gasteiger partial charge in [0.1, 0.15) is 18.5 Å². The molecule has 3 aromatic rings. The highest BCUT2D eigenvalue weighted by atomic mass is 35.5. The van der Waals surface area contributed by atoms with Gasteiger partial charge in [-0.3, -0.25) is 4.79 Å². The average molecular weight is 656 g/mol. The van der Waals surface area contributed by atoms with E-state index in [0.717, 1.165) is 77.3 Å². The number of ether oxygens (including phenoxy) is 2. The Labute approximate surface area is 281 Å². The zero-order valence-corrected chi connectivity index (χ0v) is 27.7. The number of nitrogens with zero attached hydrogens (tertiary/aromatic N) is 7. The lowest BCUT2D eigenvalue weighted by molar-refractivity contribution is -0.135. The second kappa shape index (κ2) is 12.8. The Morgan fingerprint density at radius 2 is 1.89 bits per heavy atom. The van der Waals surface area contributed by atoms with Crippen LogP contribution >= 0.6 is 11.6 Å². The molecule has 1 aromatic heterocycles. The molecule has 2 aromatic carbocycles. The first kappa shape index (κ1) is 30.7. The molecule has 11 heteroatoms. The number of benzene rings is 2. The molecule has 3 saturated heterocycles. The SMILES string of the molecule is [C-]#[N+]C[C@H]1CN(c2nc(OC[C@@H]3CCCN3C)nc3c2CCN(c2cccc4cccc(Cl)c24)C3)CCN1C(=O)[C@@H]1O[C@H]1C1CCC1. The molecule has 0 N–H and O–H groups in total. The maximum Gasteiger partial charge on any atom is 0.318 e. The van der Waals surface area contributed by atoms with E-state index in [4.69, 9.17) is 37.6 Å². The first-order valence-electron chi connectivity index (χ1n) is 17.2. The van der Waals surface area contributed by atoms with Crippen molar-refractivity contribution < 1.29 is 14.3 Å². The Balaban J connectivity index is 1.08. The third-order valence-corrected chi connectivity index (χ3v) is 11.3. The molecular weight excluding hydrogens is 614 g/mol. The molecule has 246 valence electrons. The van der Waals surface area contributed by atoms with E-state index in [0.29, 0.717) is 50.8 Å². The summed E-state index contributed by atoms with van der Waals surface area (Å²) in [7, 11) is 2.15. The molecule has 1 aliphatic carbocycles. The molecule has 4 fully saturated rings. The third kappa shape index (κ3) is 5.87. The Kier molecular flexibility index (Phi) is 8.32. The molecule has 5 heterocycles. The molecule has 0 unspecified atom stereocenters. The van der Waals surface area contributed by atoms with E-state index in [1.165, 1.54) is 12.8 Å². The summed E-state index contributed by atoms with van der Waals surface area (Å²) in [6.07, 6.45) is 6.29. The van der Waals surface area contributed by atoms with Crippen LogP contribution in [0.3, 0.4) is 0 Å². The van der Waals surface area contributed by atoms with Crippen LogP contribution in [0.4, 0.5) is 11.5 Å². The normalized spacial score (nSPS) is 26.2. The van der Waals surface area contributed by atoms with Crippen LogP contribution < -0.4 is 14.5 Å². The van der Waals surface area contributed by atoms with Crippen LogP contribution in [-0.4, -0.2) is 103 Å². The van der Waals surface area contributed by atoms with Crippen molar-refractivity contribution in [3.8, 4) is 6.01 Å². The second-order valence-corrected chi connectivity index (χ2v) is 14.2. The lowest BCUT2D eigenvalue weighted by Crippen LogP contribution is -2.58. The molecule has 4 aliphatic heterocycles. The fourth-order valence-electron chi connectivity index (χ4n) is 8.03. The highest BCUT2D eigenvalue weighted by Crippen LogP contribution is 2.43. The summed E-state index contributed by atoms with van der Waals surface area (Å²) in [5.74, 6) is 1.44. The first-order chi connectivity index (χ1) is 23.0. The van der Waals surface area contributed by atoms with Crippen LogP contribution in [-0.2, 0) is 22.5 Å². The Morgan fingerprint density at radius 3 is 2.66 bits per heavy atom. The van der Waals surface area contributed by atoms with Gasteiger partial charge in [-0.25, -0.2) is 6.57 Å². The van der Waals surface area contributed by atoms with Crippen molar-refractivity contribution in [2.24, 2.45) is 5.92 Å². The minimum atomic E-state index is -0.339. The summed E-state index contributed by atoms with van der Waals surface area (Å²) < 4.78 is 12.2. The van der Waals surface area contributed by atoms with Crippen LogP contribution in [0.15, 0.2) is 36.4 Å². The molecule has 47 heavy (non-hydrogen) atoms. The van der Waals surface area contributed by atoms with E-state index in [1.807, 2.05) is 17.0 Å². The standard InChI is InChI=1S/C36H42ClN7O3/c1-38-19-26-20-43(17-18-44(26)35(45)33-32(47-33)24-9-3-10-24)34-27-14-16-42(30-13-5-8-23-7-4-12-28(37)31(23)30)21-29(27)39-36(40-34)46-22-25-11-6-15-41(25)2/h4-5,7-8,12-13,24-26,32-33H,3,6,9-11,14-22H2,2H3/t25-,26-,32-,33+/m0/s1. The number of piperazine rings is 1. The zero-order valence-electron chi connectivity index (χ0n) is 27.0. The van der Waals surface area contributed by atoms with Crippen molar-refractivity contribution in [1.82, 2.24) is 19.8 Å². The van der Waals surface area contributed by atoms with Gasteiger partial charge in [-0.05, 0) is 69.1 Å². The molecule has 5 aliphatic rings. The summed E-state index contributed by atoms with van der Waals surface area (Å²) >= 11 is 6.74. The van der Waals surface area contributed by atoms with E-state index >= 15 is 0 Å².